The molecule has 1 unspecified atom stereocenters. The molecule has 4 rings (SSSR count). The van der Waals surface area contributed by atoms with E-state index in [1.165, 1.54) is 23.4 Å². The molecule has 7 nitrogen and oxygen atoms in total. The van der Waals surface area contributed by atoms with Crippen LogP contribution in [0.5, 0.6) is 0 Å². The normalized spacial score (nSPS) is 19.0. The van der Waals surface area contributed by atoms with E-state index in [1.807, 2.05) is 19.2 Å². The molecule has 0 aromatic carbocycles. The van der Waals surface area contributed by atoms with E-state index >= 15 is 0 Å². The third-order valence-corrected chi connectivity index (χ3v) is 6.73. The molecule has 156 valence electrons. The zero-order valence-electron chi connectivity index (χ0n) is 16.9. The van der Waals surface area contributed by atoms with Gasteiger partial charge in [0.2, 0.25) is 0 Å². The fourth-order valence-electron chi connectivity index (χ4n) is 3.97. The van der Waals surface area contributed by atoms with Crippen molar-refractivity contribution in [3.05, 3.63) is 39.5 Å². The molecule has 8 heteroatoms. The van der Waals surface area contributed by atoms with Crippen LogP contribution in [0.3, 0.4) is 0 Å². The van der Waals surface area contributed by atoms with Gasteiger partial charge in [0.1, 0.15) is 10.8 Å². The number of carbonyl (C=O) groups is 1. The minimum absolute atomic E-state index is 0.107. The summed E-state index contributed by atoms with van der Waals surface area (Å²) in [6, 6.07) is 3.80. The Balaban J connectivity index is 1.31. The minimum Gasteiger partial charge on any atom is -0.391 e. The highest BCUT2D eigenvalue weighted by Crippen LogP contribution is 2.27. The molecule has 3 heterocycles. The number of pyridine rings is 1. The average Bonchev–Trinajstić information content (AvgIpc) is 3.14. The van der Waals surface area contributed by atoms with Gasteiger partial charge in [-0.3, -0.25) is 0 Å². The lowest BCUT2D eigenvalue weighted by atomic mass is 10.0. The van der Waals surface area contributed by atoms with Crippen molar-refractivity contribution in [2.45, 2.75) is 57.7 Å². The van der Waals surface area contributed by atoms with Crippen LogP contribution < -0.4 is 10.2 Å². The van der Waals surface area contributed by atoms with Gasteiger partial charge in [0.15, 0.2) is 0 Å². The zero-order chi connectivity index (χ0) is 20.2. The highest BCUT2D eigenvalue weighted by Gasteiger charge is 2.20. The number of fused-ring (bicyclic) bond motifs is 1. The van der Waals surface area contributed by atoms with E-state index in [9.17, 15) is 9.90 Å². The maximum Gasteiger partial charge on any atom is 0.317 e. The highest BCUT2D eigenvalue weighted by molar-refractivity contribution is 7.11. The number of amides is 2. The second-order valence-corrected chi connectivity index (χ2v) is 9.13. The Labute approximate surface area is 175 Å². The van der Waals surface area contributed by atoms with E-state index in [1.54, 1.807) is 22.4 Å². The molecule has 1 aliphatic carbocycles. The van der Waals surface area contributed by atoms with Gasteiger partial charge in [0, 0.05) is 37.8 Å². The van der Waals surface area contributed by atoms with Crippen molar-refractivity contribution in [2.24, 2.45) is 0 Å². The van der Waals surface area contributed by atoms with Gasteiger partial charge in [0.05, 0.1) is 18.3 Å². The van der Waals surface area contributed by atoms with Gasteiger partial charge in [-0.2, -0.15) is 0 Å². The second-order valence-electron chi connectivity index (χ2n) is 7.96. The monoisotopic (exact) mass is 415 g/mol. The van der Waals surface area contributed by atoms with Gasteiger partial charge in [-0.25, -0.2) is 14.8 Å². The number of urea groups is 1. The number of aliphatic hydroxyl groups is 1. The molecule has 0 spiro atoms. The number of aryl methyl sites for hydroxylation is 2. The highest BCUT2D eigenvalue weighted by atomic mass is 32.1. The number of piperidine rings is 1. The van der Waals surface area contributed by atoms with Crippen LogP contribution in [0.25, 0.3) is 0 Å². The fourth-order valence-corrected chi connectivity index (χ4v) is 5.18. The number of β-amino-alcohol motifs (C(OH)–C–C–N with tert-alkyl or cyclic N) is 1. The van der Waals surface area contributed by atoms with Crippen molar-refractivity contribution in [2.75, 3.05) is 25.0 Å². The Kier molecular flexibility index (Phi) is 6.30. The summed E-state index contributed by atoms with van der Waals surface area (Å²) >= 11 is 1.75. The number of hydrogen-bond donors (Lipinski definition) is 2. The number of thiazole rings is 1. The van der Waals surface area contributed by atoms with Crippen molar-refractivity contribution in [3.8, 4) is 0 Å². The predicted molar refractivity (Wildman–Crippen MR) is 114 cm³/mol. The Morgan fingerprint density at radius 2 is 2.24 bits per heavy atom. The standard InChI is InChI=1S/C21H29N5O2S/c1-25(14-20-24-17-6-2-3-7-18(17)29-20)21(28)23-12-15-8-9-22-19(11-15)26-10-4-5-16(27)13-26/h8-9,11,16,27H,2-7,10,12-14H2,1H3,(H,23,28). The van der Waals surface area contributed by atoms with Crippen LogP contribution in [0.4, 0.5) is 10.6 Å². The van der Waals surface area contributed by atoms with Gasteiger partial charge in [0.25, 0.3) is 0 Å². The first-order valence-corrected chi connectivity index (χ1v) is 11.2. The van der Waals surface area contributed by atoms with Crippen molar-refractivity contribution >= 4 is 23.2 Å². The van der Waals surface area contributed by atoms with Gasteiger partial charge in [-0.05, 0) is 56.2 Å². The number of aromatic nitrogens is 2. The summed E-state index contributed by atoms with van der Waals surface area (Å²) in [4.78, 5) is 26.9. The van der Waals surface area contributed by atoms with Crippen LogP contribution in [0.1, 0.15) is 46.8 Å². The van der Waals surface area contributed by atoms with Crippen molar-refractivity contribution in [1.82, 2.24) is 20.2 Å². The third-order valence-electron chi connectivity index (χ3n) is 5.58. The van der Waals surface area contributed by atoms with Crippen LogP contribution in [0.15, 0.2) is 18.3 Å². The Morgan fingerprint density at radius 3 is 3.07 bits per heavy atom. The molecule has 0 bridgehead atoms. The van der Waals surface area contributed by atoms with Gasteiger partial charge < -0.3 is 20.2 Å². The Bertz CT molecular complexity index is 832. The van der Waals surface area contributed by atoms with Gasteiger partial charge in [-0.1, -0.05) is 0 Å². The van der Waals surface area contributed by atoms with Crippen LogP contribution in [-0.4, -0.2) is 52.2 Å². The largest absolute Gasteiger partial charge is 0.391 e. The van der Waals surface area contributed by atoms with Crippen LogP contribution in [0, 0.1) is 0 Å². The number of aliphatic hydroxyl groups excluding tert-OH is 1. The number of nitrogens with zero attached hydrogens (tertiary/aromatic N) is 4. The summed E-state index contributed by atoms with van der Waals surface area (Å²) in [6.45, 7) is 2.50. The summed E-state index contributed by atoms with van der Waals surface area (Å²) < 4.78 is 0. The average molecular weight is 416 g/mol. The molecule has 1 fully saturated rings. The minimum atomic E-state index is -0.293. The van der Waals surface area contributed by atoms with Crippen molar-refractivity contribution < 1.29 is 9.90 Å². The SMILES string of the molecule is CN(Cc1nc2c(s1)CCCC2)C(=O)NCc1ccnc(N2CCCC(O)C2)c1. The maximum atomic E-state index is 12.5. The fraction of sp³-hybridized carbons (Fsp3) is 0.571. The van der Waals surface area contributed by atoms with E-state index in [4.69, 9.17) is 4.98 Å². The molecular formula is C21H29N5O2S. The summed E-state index contributed by atoms with van der Waals surface area (Å²) in [7, 11) is 1.81. The first-order valence-electron chi connectivity index (χ1n) is 10.4. The molecule has 2 amide bonds. The number of carbonyl (C=O) groups excluding carboxylic acids is 1. The van der Waals surface area contributed by atoms with E-state index in [2.05, 4.69) is 15.2 Å². The summed E-state index contributed by atoms with van der Waals surface area (Å²) in [5.41, 5.74) is 2.23. The molecule has 2 aromatic rings. The van der Waals surface area contributed by atoms with Gasteiger partial charge >= 0.3 is 6.03 Å². The van der Waals surface area contributed by atoms with E-state index in [0.717, 1.165) is 48.6 Å². The lowest BCUT2D eigenvalue weighted by molar-refractivity contribution is 0.154. The first-order chi connectivity index (χ1) is 14.1. The molecule has 2 aromatic heterocycles. The number of anilines is 1. The molecule has 29 heavy (non-hydrogen) atoms. The van der Waals surface area contributed by atoms with Crippen LogP contribution in [0.2, 0.25) is 0 Å². The molecule has 0 saturated carbocycles. The quantitative estimate of drug-likeness (QED) is 0.785. The molecule has 1 atom stereocenters. The Morgan fingerprint density at radius 1 is 1.38 bits per heavy atom. The smallest absolute Gasteiger partial charge is 0.317 e. The van der Waals surface area contributed by atoms with Crippen LogP contribution in [-0.2, 0) is 25.9 Å². The molecule has 0 radical (unpaired) electrons. The molecule has 1 aliphatic heterocycles. The lowest BCUT2D eigenvalue weighted by Gasteiger charge is -2.31. The van der Waals surface area contributed by atoms with Crippen LogP contribution >= 0.6 is 11.3 Å². The van der Waals surface area contributed by atoms with E-state index in [-0.39, 0.29) is 12.1 Å². The summed E-state index contributed by atoms with van der Waals surface area (Å²) in [5.74, 6) is 0.859. The number of rotatable bonds is 5. The third kappa shape index (κ3) is 5.05. The predicted octanol–water partition coefficient (Wildman–Crippen LogP) is 2.72. The topological polar surface area (TPSA) is 81.6 Å². The van der Waals surface area contributed by atoms with E-state index < -0.39 is 0 Å². The summed E-state index contributed by atoms with van der Waals surface area (Å²) in [5, 5.41) is 13.9. The zero-order valence-corrected chi connectivity index (χ0v) is 17.7. The van der Waals surface area contributed by atoms with Gasteiger partial charge in [-0.15, -0.1) is 11.3 Å². The van der Waals surface area contributed by atoms with E-state index in [0.29, 0.717) is 19.6 Å². The first kappa shape index (κ1) is 20.1. The summed E-state index contributed by atoms with van der Waals surface area (Å²) in [6.07, 6.45) is 7.95. The van der Waals surface area contributed by atoms with Crippen molar-refractivity contribution in [1.29, 1.82) is 0 Å². The maximum absolute atomic E-state index is 12.5. The molecule has 1 saturated heterocycles. The molecular weight excluding hydrogens is 386 g/mol. The lowest BCUT2D eigenvalue weighted by Crippen LogP contribution is -2.39. The molecule has 2 aliphatic rings. The molecule has 2 N–H and O–H groups in total. The van der Waals surface area contributed by atoms with Crippen molar-refractivity contribution in [3.63, 3.8) is 0 Å². The number of nitrogens with one attached hydrogen (secondary N) is 1. The second kappa shape index (κ2) is 9.09. The number of hydrogen-bond acceptors (Lipinski definition) is 6. The Hall–Kier alpha value is -2.19.